The van der Waals surface area contributed by atoms with Crippen molar-refractivity contribution >= 4 is 23.2 Å². The fourth-order valence-corrected chi connectivity index (χ4v) is 2.87. The first-order chi connectivity index (χ1) is 9.54. The zero-order valence-corrected chi connectivity index (χ0v) is 13.2. The van der Waals surface area contributed by atoms with Gasteiger partial charge in [-0.2, -0.15) is 0 Å². The van der Waals surface area contributed by atoms with Crippen LogP contribution in [0.3, 0.4) is 0 Å². The van der Waals surface area contributed by atoms with E-state index in [9.17, 15) is 5.11 Å². The number of piperazine rings is 1. The Hall–Kier alpha value is -0.520. The van der Waals surface area contributed by atoms with Crippen LogP contribution in [0.1, 0.15) is 0 Å². The monoisotopic (exact) mass is 320 g/mol. The van der Waals surface area contributed by atoms with Gasteiger partial charge in [-0.1, -0.05) is 23.2 Å². The number of aliphatic hydroxyl groups excluding tert-OH is 1. The molecule has 1 aromatic rings. The molecule has 1 aliphatic rings. The average molecular weight is 321 g/mol. The first-order valence-corrected chi connectivity index (χ1v) is 7.71. The Morgan fingerprint density at radius 2 is 1.95 bits per heavy atom. The van der Waals surface area contributed by atoms with Gasteiger partial charge in [-0.25, -0.2) is 0 Å². The number of ether oxygens (including phenoxy) is 1. The van der Waals surface area contributed by atoms with Gasteiger partial charge in [0.15, 0.2) is 0 Å². The number of halogens is 2. The Balaban J connectivity index is 1.76. The number of hydrogen-bond acceptors (Lipinski definition) is 2. The largest absolute Gasteiger partial charge is 0.489 e. The summed E-state index contributed by atoms with van der Waals surface area (Å²) in [4.78, 5) is 3.00. The molecule has 0 saturated carbocycles. The molecule has 1 atom stereocenters. The van der Waals surface area contributed by atoms with E-state index in [1.54, 1.807) is 23.1 Å². The molecule has 1 aliphatic heterocycles. The van der Waals surface area contributed by atoms with E-state index in [1.807, 2.05) is 0 Å². The van der Waals surface area contributed by atoms with E-state index in [1.165, 1.54) is 4.90 Å². The zero-order chi connectivity index (χ0) is 14.5. The molecule has 112 valence electrons. The van der Waals surface area contributed by atoms with E-state index in [-0.39, 0.29) is 6.61 Å². The summed E-state index contributed by atoms with van der Waals surface area (Å²) in [6.45, 7) is 5.50. The lowest BCUT2D eigenvalue weighted by Crippen LogP contribution is -3.27. The van der Waals surface area contributed by atoms with Crippen molar-refractivity contribution in [2.24, 2.45) is 0 Å². The fourth-order valence-electron chi connectivity index (χ4n) is 2.40. The van der Waals surface area contributed by atoms with Crippen molar-refractivity contribution in [3.63, 3.8) is 0 Å². The van der Waals surface area contributed by atoms with E-state index >= 15 is 0 Å². The molecule has 1 fully saturated rings. The Morgan fingerprint density at radius 3 is 2.60 bits per heavy atom. The van der Waals surface area contributed by atoms with Crippen molar-refractivity contribution in [1.29, 1.82) is 0 Å². The minimum atomic E-state index is -0.477. The van der Waals surface area contributed by atoms with Gasteiger partial charge in [0.05, 0.1) is 12.1 Å². The van der Waals surface area contributed by atoms with Crippen LogP contribution in [0.25, 0.3) is 0 Å². The van der Waals surface area contributed by atoms with Gasteiger partial charge in [-0.15, -0.1) is 0 Å². The van der Waals surface area contributed by atoms with Crippen molar-refractivity contribution in [3.05, 3.63) is 28.2 Å². The van der Waals surface area contributed by atoms with Crippen LogP contribution >= 0.6 is 23.2 Å². The van der Waals surface area contributed by atoms with Crippen LogP contribution in [-0.2, 0) is 0 Å². The highest BCUT2D eigenvalue weighted by Crippen LogP contribution is 2.27. The highest BCUT2D eigenvalue weighted by Gasteiger charge is 2.22. The van der Waals surface area contributed by atoms with Crippen LogP contribution in [0.15, 0.2) is 18.2 Å². The lowest BCUT2D eigenvalue weighted by molar-refractivity contribution is -1.00. The molecule has 1 aromatic carbocycles. The molecule has 6 heteroatoms. The summed E-state index contributed by atoms with van der Waals surface area (Å²) >= 11 is 11.8. The van der Waals surface area contributed by atoms with Crippen LogP contribution < -0.4 is 14.5 Å². The molecular formula is C14H22Cl2N2O2+2. The maximum Gasteiger partial charge on any atom is 0.138 e. The summed E-state index contributed by atoms with van der Waals surface area (Å²) < 4.78 is 5.56. The van der Waals surface area contributed by atoms with E-state index in [4.69, 9.17) is 27.9 Å². The SMILES string of the molecule is C[NH+]1CC[NH+](C[C@@H](O)COc2ccc(Cl)cc2Cl)CC1. The van der Waals surface area contributed by atoms with Crippen molar-refractivity contribution < 1.29 is 19.6 Å². The molecule has 3 N–H and O–H groups in total. The van der Waals surface area contributed by atoms with Crippen LogP contribution in [-0.4, -0.2) is 57.6 Å². The molecule has 4 nitrogen and oxygen atoms in total. The molecule has 0 unspecified atom stereocenters. The van der Waals surface area contributed by atoms with Gasteiger partial charge >= 0.3 is 0 Å². The number of hydrogen-bond donors (Lipinski definition) is 3. The first kappa shape index (κ1) is 15.9. The Labute approximate surface area is 129 Å². The average Bonchev–Trinajstić information content (AvgIpc) is 2.40. The number of nitrogens with one attached hydrogen (secondary N) is 2. The maximum absolute atomic E-state index is 10.1. The molecule has 20 heavy (non-hydrogen) atoms. The quantitative estimate of drug-likeness (QED) is 0.661. The summed E-state index contributed by atoms with van der Waals surface area (Å²) in [5, 5.41) is 11.1. The number of aliphatic hydroxyl groups is 1. The van der Waals surface area contributed by atoms with Crippen LogP contribution in [0.5, 0.6) is 5.75 Å². The summed E-state index contributed by atoms with van der Waals surface area (Å²) in [7, 11) is 2.21. The summed E-state index contributed by atoms with van der Waals surface area (Å²) in [6.07, 6.45) is -0.477. The number of likely N-dealkylation sites (N-methyl/N-ethyl adjacent to an activating group) is 1. The number of benzene rings is 1. The molecule has 1 saturated heterocycles. The van der Waals surface area contributed by atoms with Crippen molar-refractivity contribution in [2.75, 3.05) is 46.4 Å². The van der Waals surface area contributed by atoms with Gasteiger partial charge in [0.2, 0.25) is 0 Å². The normalized spacial score (nSPS) is 24.4. The molecule has 0 spiro atoms. The lowest BCUT2D eigenvalue weighted by atomic mass is 10.3. The van der Waals surface area contributed by atoms with Crippen LogP contribution in [0.2, 0.25) is 10.0 Å². The predicted octanol–water partition coefficient (Wildman–Crippen LogP) is -0.854. The Morgan fingerprint density at radius 1 is 1.25 bits per heavy atom. The van der Waals surface area contributed by atoms with Crippen LogP contribution in [0.4, 0.5) is 0 Å². The fraction of sp³-hybridized carbons (Fsp3) is 0.571. The summed E-state index contributed by atoms with van der Waals surface area (Å²) in [5.74, 6) is 0.563. The summed E-state index contributed by atoms with van der Waals surface area (Å²) in [6, 6.07) is 5.09. The van der Waals surface area contributed by atoms with E-state index in [0.29, 0.717) is 15.8 Å². The Bertz CT molecular complexity index is 437. The third kappa shape index (κ3) is 4.79. The highest BCUT2D eigenvalue weighted by molar-refractivity contribution is 6.35. The third-order valence-electron chi connectivity index (χ3n) is 3.66. The molecule has 0 bridgehead atoms. The molecule has 0 aliphatic carbocycles. The molecular weight excluding hydrogens is 299 g/mol. The standard InChI is InChI=1S/C14H20Cl2N2O2/c1-17-4-6-18(7-5-17)9-12(19)10-20-14-3-2-11(15)8-13(14)16/h2-3,8,12,19H,4-7,9-10H2,1H3/p+2/t12-/m1/s1. The minimum absolute atomic E-state index is 0.257. The van der Waals surface area contributed by atoms with Crippen molar-refractivity contribution in [3.8, 4) is 5.75 Å². The van der Waals surface area contributed by atoms with E-state index in [0.717, 1.165) is 32.7 Å². The van der Waals surface area contributed by atoms with Crippen molar-refractivity contribution in [1.82, 2.24) is 0 Å². The predicted molar refractivity (Wildman–Crippen MR) is 80.1 cm³/mol. The number of quaternary nitrogens is 2. The van der Waals surface area contributed by atoms with E-state index in [2.05, 4.69) is 7.05 Å². The molecule has 0 radical (unpaired) electrons. The maximum atomic E-state index is 10.1. The highest BCUT2D eigenvalue weighted by atomic mass is 35.5. The van der Waals surface area contributed by atoms with Gasteiger partial charge in [-0.3, -0.25) is 0 Å². The number of rotatable bonds is 5. The smallest absolute Gasteiger partial charge is 0.138 e. The minimum Gasteiger partial charge on any atom is -0.489 e. The van der Waals surface area contributed by atoms with Gasteiger partial charge in [0.1, 0.15) is 51.2 Å². The molecule has 0 amide bonds. The lowest BCUT2D eigenvalue weighted by Gasteiger charge is -2.28. The summed E-state index contributed by atoms with van der Waals surface area (Å²) in [5.41, 5.74) is 0. The Kier molecular flexibility index (Phi) is 5.93. The van der Waals surface area contributed by atoms with Crippen molar-refractivity contribution in [2.45, 2.75) is 6.10 Å². The van der Waals surface area contributed by atoms with Crippen LogP contribution in [0, 0.1) is 0 Å². The first-order valence-electron chi connectivity index (χ1n) is 6.95. The third-order valence-corrected chi connectivity index (χ3v) is 4.19. The van der Waals surface area contributed by atoms with Gasteiger partial charge in [0.25, 0.3) is 0 Å². The van der Waals surface area contributed by atoms with Gasteiger partial charge in [0, 0.05) is 5.02 Å². The van der Waals surface area contributed by atoms with Gasteiger partial charge < -0.3 is 19.6 Å². The van der Waals surface area contributed by atoms with Gasteiger partial charge in [-0.05, 0) is 18.2 Å². The second kappa shape index (κ2) is 7.48. The molecule has 0 aromatic heterocycles. The van der Waals surface area contributed by atoms with E-state index < -0.39 is 6.10 Å². The second-order valence-corrected chi connectivity index (χ2v) is 6.29. The molecule has 2 rings (SSSR count). The topological polar surface area (TPSA) is 38.3 Å². The zero-order valence-electron chi connectivity index (χ0n) is 11.7. The second-order valence-electron chi connectivity index (χ2n) is 5.45. The molecule has 1 heterocycles.